The van der Waals surface area contributed by atoms with Gasteiger partial charge in [0.15, 0.2) is 10.3 Å². The summed E-state index contributed by atoms with van der Waals surface area (Å²) in [4.78, 5) is 26.2. The standard InChI is InChI=1S/C26H19ClN6OS2/c27-21-11-19(15-35-25-30-9-5-22(32-25)17-3-1-7-28-13-17)24(34)20(12-21)16-36-26-31-10-6-23(33-26)18-4-2-8-29-14-18/h1-14,34H,15-16H2. The van der Waals surface area contributed by atoms with Crippen LogP contribution < -0.4 is 0 Å². The first-order chi connectivity index (χ1) is 17.7. The molecule has 178 valence electrons. The van der Waals surface area contributed by atoms with Gasteiger partial charge in [0.25, 0.3) is 0 Å². The van der Waals surface area contributed by atoms with Crippen molar-refractivity contribution in [2.75, 3.05) is 0 Å². The topological polar surface area (TPSA) is 97.6 Å². The van der Waals surface area contributed by atoms with E-state index in [0.29, 0.717) is 38.0 Å². The van der Waals surface area contributed by atoms with Crippen LogP contribution in [0.2, 0.25) is 5.02 Å². The predicted molar refractivity (Wildman–Crippen MR) is 143 cm³/mol. The molecule has 4 heterocycles. The minimum absolute atomic E-state index is 0.200. The van der Waals surface area contributed by atoms with Crippen molar-refractivity contribution < 1.29 is 5.11 Å². The third kappa shape index (κ3) is 5.99. The smallest absolute Gasteiger partial charge is 0.188 e. The molecule has 0 aliphatic rings. The largest absolute Gasteiger partial charge is 0.507 e. The second-order valence-electron chi connectivity index (χ2n) is 7.58. The Labute approximate surface area is 221 Å². The summed E-state index contributed by atoms with van der Waals surface area (Å²) in [5.41, 5.74) is 4.85. The predicted octanol–water partition coefficient (Wildman–Crippen LogP) is 6.33. The second-order valence-corrected chi connectivity index (χ2v) is 9.90. The van der Waals surface area contributed by atoms with Gasteiger partial charge in [0, 0.05) is 76.0 Å². The Morgan fingerprint density at radius 1 is 0.694 bits per heavy atom. The number of halogens is 1. The number of phenols is 1. The number of hydrogen-bond acceptors (Lipinski definition) is 9. The highest BCUT2D eigenvalue weighted by Gasteiger charge is 2.13. The van der Waals surface area contributed by atoms with Crippen molar-refractivity contribution in [3.8, 4) is 28.3 Å². The van der Waals surface area contributed by atoms with Gasteiger partial charge in [-0.2, -0.15) is 0 Å². The fourth-order valence-corrected chi connectivity index (χ4v) is 5.26. The van der Waals surface area contributed by atoms with Gasteiger partial charge < -0.3 is 5.11 Å². The number of thioether (sulfide) groups is 2. The molecule has 0 saturated heterocycles. The molecule has 0 saturated carbocycles. The molecule has 4 aromatic heterocycles. The second kappa shape index (κ2) is 11.5. The van der Waals surface area contributed by atoms with Crippen molar-refractivity contribution in [1.82, 2.24) is 29.9 Å². The monoisotopic (exact) mass is 530 g/mol. The molecule has 1 aromatic carbocycles. The number of benzene rings is 1. The van der Waals surface area contributed by atoms with E-state index in [0.717, 1.165) is 22.5 Å². The molecule has 5 rings (SSSR count). The van der Waals surface area contributed by atoms with Crippen LogP contribution in [-0.4, -0.2) is 35.0 Å². The highest BCUT2D eigenvalue weighted by Crippen LogP contribution is 2.35. The molecule has 10 heteroatoms. The van der Waals surface area contributed by atoms with Crippen LogP contribution in [0, 0.1) is 0 Å². The van der Waals surface area contributed by atoms with Crippen molar-refractivity contribution in [1.29, 1.82) is 0 Å². The number of phenolic OH excluding ortho intramolecular Hbond substituents is 1. The van der Waals surface area contributed by atoms with Gasteiger partial charge in [0.2, 0.25) is 0 Å². The molecule has 0 radical (unpaired) electrons. The first-order valence-electron chi connectivity index (χ1n) is 10.9. The first kappa shape index (κ1) is 24.2. The van der Waals surface area contributed by atoms with Crippen LogP contribution >= 0.6 is 35.1 Å². The lowest BCUT2D eigenvalue weighted by atomic mass is 10.1. The van der Waals surface area contributed by atoms with Gasteiger partial charge >= 0.3 is 0 Å². The van der Waals surface area contributed by atoms with E-state index in [1.54, 1.807) is 49.3 Å². The molecule has 0 aliphatic carbocycles. The number of rotatable bonds is 8. The Morgan fingerprint density at radius 3 is 1.64 bits per heavy atom. The van der Waals surface area contributed by atoms with E-state index in [2.05, 4.69) is 29.9 Å². The minimum Gasteiger partial charge on any atom is -0.507 e. The van der Waals surface area contributed by atoms with Crippen LogP contribution in [-0.2, 0) is 11.5 Å². The molecule has 7 nitrogen and oxygen atoms in total. The zero-order valence-corrected chi connectivity index (χ0v) is 21.2. The SMILES string of the molecule is Oc1c(CSc2nccc(-c3cccnc3)n2)cc(Cl)cc1CSc1nccc(-c2cccnc2)n1. The van der Waals surface area contributed by atoms with Crippen molar-refractivity contribution in [3.05, 3.63) is 102 Å². The summed E-state index contributed by atoms with van der Waals surface area (Å²) in [6.45, 7) is 0. The zero-order chi connectivity index (χ0) is 24.7. The molecule has 0 fully saturated rings. The van der Waals surface area contributed by atoms with E-state index < -0.39 is 0 Å². The Hall–Kier alpha value is -3.53. The first-order valence-corrected chi connectivity index (χ1v) is 13.2. The Kier molecular flexibility index (Phi) is 7.70. The third-order valence-electron chi connectivity index (χ3n) is 5.13. The highest BCUT2D eigenvalue weighted by atomic mass is 35.5. The van der Waals surface area contributed by atoms with Gasteiger partial charge in [-0.3, -0.25) is 9.97 Å². The van der Waals surface area contributed by atoms with E-state index in [4.69, 9.17) is 11.6 Å². The lowest BCUT2D eigenvalue weighted by Crippen LogP contribution is -1.94. The molecule has 0 bridgehead atoms. The van der Waals surface area contributed by atoms with Crippen LogP contribution in [0.3, 0.4) is 0 Å². The van der Waals surface area contributed by atoms with Crippen LogP contribution in [0.5, 0.6) is 5.75 Å². The molecule has 0 spiro atoms. The summed E-state index contributed by atoms with van der Waals surface area (Å²) in [5.74, 6) is 1.13. The quantitative estimate of drug-likeness (QED) is 0.182. The lowest BCUT2D eigenvalue weighted by molar-refractivity contribution is 0.466. The highest BCUT2D eigenvalue weighted by molar-refractivity contribution is 7.98. The summed E-state index contributed by atoms with van der Waals surface area (Å²) in [6.07, 6.45) is 10.4. The fraction of sp³-hybridized carbons (Fsp3) is 0.0769. The molecular formula is C26H19ClN6OS2. The summed E-state index contributed by atoms with van der Waals surface area (Å²) >= 11 is 9.25. The van der Waals surface area contributed by atoms with Gasteiger partial charge in [-0.25, -0.2) is 19.9 Å². The van der Waals surface area contributed by atoms with Crippen LogP contribution in [0.1, 0.15) is 11.1 Å². The minimum atomic E-state index is 0.200. The molecule has 0 unspecified atom stereocenters. The maximum atomic E-state index is 11.0. The average molecular weight is 531 g/mol. The molecule has 1 N–H and O–H groups in total. The fourth-order valence-electron chi connectivity index (χ4n) is 3.39. The van der Waals surface area contributed by atoms with Crippen molar-refractivity contribution >= 4 is 35.1 Å². The summed E-state index contributed by atoms with van der Waals surface area (Å²) < 4.78 is 0. The van der Waals surface area contributed by atoms with Crippen molar-refractivity contribution in [2.45, 2.75) is 21.8 Å². The Morgan fingerprint density at radius 2 is 1.19 bits per heavy atom. The summed E-state index contributed by atoms with van der Waals surface area (Å²) in [7, 11) is 0. The van der Waals surface area contributed by atoms with E-state index in [1.807, 2.05) is 36.4 Å². The van der Waals surface area contributed by atoms with Crippen LogP contribution in [0.4, 0.5) is 0 Å². The van der Waals surface area contributed by atoms with E-state index in [9.17, 15) is 5.11 Å². The van der Waals surface area contributed by atoms with E-state index in [1.165, 1.54) is 23.5 Å². The van der Waals surface area contributed by atoms with Crippen LogP contribution in [0.25, 0.3) is 22.5 Å². The number of aromatic nitrogens is 6. The molecule has 5 aromatic rings. The molecule has 36 heavy (non-hydrogen) atoms. The number of hydrogen-bond donors (Lipinski definition) is 1. The van der Waals surface area contributed by atoms with Gasteiger partial charge in [-0.15, -0.1) is 0 Å². The third-order valence-corrected chi connectivity index (χ3v) is 7.17. The Balaban J connectivity index is 1.29. The molecule has 0 aliphatic heterocycles. The molecule has 0 atom stereocenters. The summed E-state index contributed by atoms with van der Waals surface area (Å²) in [5, 5.41) is 12.7. The summed E-state index contributed by atoms with van der Waals surface area (Å²) in [6, 6.07) is 14.9. The van der Waals surface area contributed by atoms with Crippen molar-refractivity contribution in [3.63, 3.8) is 0 Å². The maximum absolute atomic E-state index is 11.0. The van der Waals surface area contributed by atoms with Gasteiger partial charge in [-0.05, 0) is 48.5 Å². The van der Waals surface area contributed by atoms with Gasteiger partial charge in [0.05, 0.1) is 11.4 Å². The maximum Gasteiger partial charge on any atom is 0.188 e. The van der Waals surface area contributed by atoms with Crippen LogP contribution in [0.15, 0.2) is 96.0 Å². The molecular weight excluding hydrogens is 512 g/mol. The normalized spacial score (nSPS) is 10.9. The lowest BCUT2D eigenvalue weighted by Gasteiger charge is -2.11. The van der Waals surface area contributed by atoms with Crippen molar-refractivity contribution in [2.24, 2.45) is 0 Å². The van der Waals surface area contributed by atoms with Gasteiger partial charge in [0.1, 0.15) is 5.75 Å². The number of aromatic hydroxyl groups is 1. The number of nitrogens with zero attached hydrogens (tertiary/aromatic N) is 6. The van der Waals surface area contributed by atoms with E-state index in [-0.39, 0.29) is 5.75 Å². The Bertz CT molecular complexity index is 1370. The number of pyridine rings is 2. The van der Waals surface area contributed by atoms with Gasteiger partial charge in [-0.1, -0.05) is 35.1 Å². The molecule has 0 amide bonds. The van der Waals surface area contributed by atoms with E-state index >= 15 is 0 Å². The average Bonchev–Trinajstić information content (AvgIpc) is 2.94. The zero-order valence-electron chi connectivity index (χ0n) is 18.8.